The molecule has 154 valence electrons. The van der Waals surface area contributed by atoms with E-state index in [1.54, 1.807) is 11.3 Å². The van der Waals surface area contributed by atoms with Gasteiger partial charge in [0.15, 0.2) is 15.8 Å². The fraction of sp³-hybridized carbons (Fsp3) is 0.706. The molecule has 0 atom stereocenters. The van der Waals surface area contributed by atoms with Crippen molar-refractivity contribution >= 4 is 56.1 Å². The van der Waals surface area contributed by atoms with Crippen LogP contribution in [0, 0.1) is 0 Å². The van der Waals surface area contributed by atoms with Gasteiger partial charge in [0.05, 0.1) is 23.1 Å². The zero-order valence-corrected chi connectivity index (χ0v) is 19.8. The highest BCUT2D eigenvalue weighted by molar-refractivity contribution is 14.0. The minimum atomic E-state index is -2.81. The molecule has 0 amide bonds. The molecule has 1 aromatic rings. The molecule has 2 fully saturated rings. The molecular formula is C17H30IN5O2S2. The molecule has 1 aromatic heterocycles. The monoisotopic (exact) mass is 527 g/mol. The molecule has 2 aliphatic rings. The van der Waals surface area contributed by atoms with Crippen molar-refractivity contribution in [2.45, 2.75) is 6.92 Å². The van der Waals surface area contributed by atoms with Crippen LogP contribution in [0.2, 0.25) is 0 Å². The Labute approximate surface area is 183 Å². The second-order valence-corrected chi connectivity index (χ2v) is 9.88. The third kappa shape index (κ3) is 6.75. The number of thiophene rings is 1. The predicted octanol–water partition coefficient (Wildman–Crippen LogP) is 1.18. The number of halogens is 1. The molecule has 0 aliphatic carbocycles. The van der Waals surface area contributed by atoms with E-state index in [1.807, 2.05) is 0 Å². The zero-order valence-electron chi connectivity index (χ0n) is 15.8. The number of sulfone groups is 1. The molecule has 10 heteroatoms. The number of hydrogen-bond acceptors (Lipinski definition) is 6. The quantitative estimate of drug-likeness (QED) is 0.353. The van der Waals surface area contributed by atoms with E-state index in [4.69, 9.17) is 4.99 Å². The van der Waals surface area contributed by atoms with Crippen LogP contribution in [0.4, 0.5) is 5.00 Å². The zero-order chi connectivity index (χ0) is 18.4. The standard InChI is InChI=1S/C17H29N5O2S2.HI/c1-2-18-17(19-5-6-20-11-14-26(23,24)15-12-20)22-9-7-21(8-10-22)16-4-3-13-25-16;/h3-4,13H,2,5-12,14-15H2,1H3,(H,18,19);1H. The second-order valence-electron chi connectivity index (χ2n) is 6.65. The van der Waals surface area contributed by atoms with Gasteiger partial charge in [-0.15, -0.1) is 35.3 Å². The molecule has 1 N–H and O–H groups in total. The van der Waals surface area contributed by atoms with E-state index in [0.29, 0.717) is 19.6 Å². The minimum absolute atomic E-state index is 0. The molecule has 0 aromatic carbocycles. The molecule has 2 aliphatic heterocycles. The summed E-state index contributed by atoms with van der Waals surface area (Å²) in [6.45, 7) is 9.68. The van der Waals surface area contributed by atoms with Gasteiger partial charge in [-0.05, 0) is 24.4 Å². The number of guanidine groups is 1. The Morgan fingerprint density at radius 1 is 1.19 bits per heavy atom. The first-order valence-corrected chi connectivity index (χ1v) is 12.0. The van der Waals surface area contributed by atoms with Crippen LogP contribution in [0.5, 0.6) is 0 Å². The van der Waals surface area contributed by atoms with Crippen molar-refractivity contribution in [1.82, 2.24) is 15.1 Å². The van der Waals surface area contributed by atoms with Gasteiger partial charge in [-0.3, -0.25) is 9.89 Å². The lowest BCUT2D eigenvalue weighted by Crippen LogP contribution is -2.52. The summed E-state index contributed by atoms with van der Waals surface area (Å²) in [7, 11) is -2.81. The first kappa shape index (κ1) is 22.7. The molecule has 3 rings (SSSR count). The number of piperazine rings is 1. The first-order valence-electron chi connectivity index (χ1n) is 9.32. The average Bonchev–Trinajstić information content (AvgIpc) is 3.17. The van der Waals surface area contributed by atoms with Crippen LogP contribution in [0.25, 0.3) is 0 Å². The number of nitrogens with zero attached hydrogens (tertiary/aromatic N) is 4. The van der Waals surface area contributed by atoms with Crippen molar-refractivity contribution in [1.29, 1.82) is 0 Å². The van der Waals surface area contributed by atoms with Crippen molar-refractivity contribution in [3.05, 3.63) is 17.5 Å². The van der Waals surface area contributed by atoms with E-state index in [0.717, 1.165) is 45.2 Å². The Bertz CT molecular complexity index is 674. The Morgan fingerprint density at radius 2 is 1.89 bits per heavy atom. The number of hydrogen-bond donors (Lipinski definition) is 1. The molecule has 2 saturated heterocycles. The average molecular weight is 527 g/mol. The fourth-order valence-electron chi connectivity index (χ4n) is 3.29. The van der Waals surface area contributed by atoms with Gasteiger partial charge in [0.2, 0.25) is 0 Å². The third-order valence-electron chi connectivity index (χ3n) is 4.85. The Morgan fingerprint density at radius 3 is 2.48 bits per heavy atom. The van der Waals surface area contributed by atoms with E-state index in [1.165, 1.54) is 5.00 Å². The van der Waals surface area contributed by atoms with E-state index in [-0.39, 0.29) is 35.5 Å². The van der Waals surface area contributed by atoms with Crippen LogP contribution >= 0.6 is 35.3 Å². The van der Waals surface area contributed by atoms with E-state index in [9.17, 15) is 8.42 Å². The molecule has 0 radical (unpaired) electrons. The molecule has 0 unspecified atom stereocenters. The number of nitrogens with one attached hydrogen (secondary N) is 1. The summed E-state index contributed by atoms with van der Waals surface area (Å²) in [5, 5.41) is 6.86. The third-order valence-corrected chi connectivity index (χ3v) is 7.38. The van der Waals surface area contributed by atoms with Gasteiger partial charge in [-0.2, -0.15) is 0 Å². The van der Waals surface area contributed by atoms with Gasteiger partial charge in [0.25, 0.3) is 0 Å². The molecule has 3 heterocycles. The van der Waals surface area contributed by atoms with Crippen molar-refractivity contribution in [2.75, 3.05) is 75.3 Å². The van der Waals surface area contributed by atoms with E-state index >= 15 is 0 Å². The first-order chi connectivity index (χ1) is 12.6. The highest BCUT2D eigenvalue weighted by atomic mass is 127. The van der Waals surface area contributed by atoms with Gasteiger partial charge in [-0.25, -0.2) is 8.42 Å². The lowest BCUT2D eigenvalue weighted by Gasteiger charge is -2.37. The Balaban J connectivity index is 0.00000261. The van der Waals surface area contributed by atoms with Crippen LogP contribution in [0.1, 0.15) is 6.92 Å². The Hall–Kier alpha value is -0.590. The minimum Gasteiger partial charge on any atom is -0.360 e. The summed E-state index contributed by atoms with van der Waals surface area (Å²) >= 11 is 1.79. The lowest BCUT2D eigenvalue weighted by atomic mass is 10.3. The number of anilines is 1. The van der Waals surface area contributed by atoms with Crippen LogP contribution in [0.3, 0.4) is 0 Å². The maximum atomic E-state index is 11.5. The maximum Gasteiger partial charge on any atom is 0.194 e. The van der Waals surface area contributed by atoms with Crippen molar-refractivity contribution in [2.24, 2.45) is 4.99 Å². The summed E-state index contributed by atoms with van der Waals surface area (Å²) < 4.78 is 23.0. The summed E-state index contributed by atoms with van der Waals surface area (Å²) in [4.78, 5) is 11.7. The molecule has 27 heavy (non-hydrogen) atoms. The fourth-order valence-corrected chi connectivity index (χ4v) is 5.35. The van der Waals surface area contributed by atoms with Crippen LogP contribution in [0.15, 0.2) is 22.5 Å². The van der Waals surface area contributed by atoms with E-state index < -0.39 is 9.84 Å². The van der Waals surface area contributed by atoms with Crippen molar-refractivity contribution in [3.63, 3.8) is 0 Å². The summed E-state index contributed by atoms with van der Waals surface area (Å²) in [6, 6.07) is 4.28. The highest BCUT2D eigenvalue weighted by Gasteiger charge is 2.22. The Kier molecular flexibility index (Phi) is 9.09. The predicted molar refractivity (Wildman–Crippen MR) is 125 cm³/mol. The van der Waals surface area contributed by atoms with Crippen LogP contribution in [-0.4, -0.2) is 94.6 Å². The molecule has 7 nitrogen and oxygen atoms in total. The summed E-state index contributed by atoms with van der Waals surface area (Å²) in [5.74, 6) is 1.53. The van der Waals surface area contributed by atoms with Crippen LogP contribution < -0.4 is 10.2 Å². The molecule has 0 bridgehead atoms. The van der Waals surface area contributed by atoms with Gasteiger partial charge in [0, 0.05) is 52.4 Å². The second kappa shape index (κ2) is 10.8. The van der Waals surface area contributed by atoms with Crippen molar-refractivity contribution in [3.8, 4) is 0 Å². The topological polar surface area (TPSA) is 68.2 Å². The maximum absolute atomic E-state index is 11.5. The molecule has 0 saturated carbocycles. The van der Waals surface area contributed by atoms with Gasteiger partial charge in [0.1, 0.15) is 0 Å². The SMILES string of the molecule is CCNC(=NCCN1CCS(=O)(=O)CC1)N1CCN(c2cccs2)CC1.I. The van der Waals surface area contributed by atoms with Crippen molar-refractivity contribution < 1.29 is 8.42 Å². The van der Waals surface area contributed by atoms with Gasteiger partial charge >= 0.3 is 0 Å². The van der Waals surface area contributed by atoms with Gasteiger partial charge < -0.3 is 15.1 Å². The smallest absolute Gasteiger partial charge is 0.194 e. The van der Waals surface area contributed by atoms with E-state index in [2.05, 4.69) is 44.5 Å². The molecular weight excluding hydrogens is 497 g/mol. The van der Waals surface area contributed by atoms with Gasteiger partial charge in [-0.1, -0.05) is 0 Å². The largest absolute Gasteiger partial charge is 0.360 e. The summed E-state index contributed by atoms with van der Waals surface area (Å²) in [6.07, 6.45) is 0. The van der Waals surface area contributed by atoms with Crippen LogP contribution in [-0.2, 0) is 9.84 Å². The highest BCUT2D eigenvalue weighted by Crippen LogP contribution is 2.22. The number of aliphatic imine (C=N–C) groups is 1. The molecule has 0 spiro atoms. The normalized spacial score (nSPS) is 21.0. The lowest BCUT2D eigenvalue weighted by molar-refractivity contribution is 0.302. The number of rotatable bonds is 5. The summed E-state index contributed by atoms with van der Waals surface area (Å²) in [5.41, 5.74) is 0.